The second-order valence-corrected chi connectivity index (χ2v) is 6.02. The predicted molar refractivity (Wildman–Crippen MR) is 96.5 cm³/mol. The van der Waals surface area contributed by atoms with Crippen molar-refractivity contribution in [1.82, 2.24) is 0 Å². The molecule has 0 spiro atoms. The van der Waals surface area contributed by atoms with Crippen molar-refractivity contribution in [1.29, 1.82) is 0 Å². The van der Waals surface area contributed by atoms with Crippen LogP contribution >= 0.6 is 0 Å². The Kier molecular flexibility index (Phi) is 12.3. The maximum Gasteiger partial charge on any atom is 0.303 e. The molecule has 0 aliphatic carbocycles. The van der Waals surface area contributed by atoms with Gasteiger partial charge >= 0.3 is 29.8 Å². The first kappa shape index (κ1) is 27.3. The van der Waals surface area contributed by atoms with E-state index in [0.29, 0.717) is 0 Å². The minimum Gasteiger partial charge on any atom is -0.462 e. The Hall–Kier alpha value is -2.73. The lowest BCUT2D eigenvalue weighted by Gasteiger charge is -2.36. The lowest BCUT2D eigenvalue weighted by molar-refractivity contribution is -0.237. The van der Waals surface area contributed by atoms with Crippen LogP contribution in [0, 0.1) is 0 Å². The third-order valence-electron chi connectivity index (χ3n) is 3.31. The normalized spacial score (nSPS) is 15.6. The highest BCUT2D eigenvalue weighted by molar-refractivity contribution is 5.69. The van der Waals surface area contributed by atoms with Crippen molar-refractivity contribution >= 4 is 29.8 Å². The zero-order valence-electron chi connectivity index (χ0n) is 17.7. The van der Waals surface area contributed by atoms with E-state index in [1.807, 2.05) is 0 Å². The molecule has 12 nitrogen and oxygen atoms in total. The quantitative estimate of drug-likeness (QED) is 0.240. The highest BCUT2D eigenvalue weighted by atomic mass is 16.7. The molecule has 0 rings (SSSR count). The van der Waals surface area contributed by atoms with Crippen molar-refractivity contribution in [2.75, 3.05) is 13.2 Å². The topological polar surface area (TPSA) is 161 Å². The number of hydrogen-bond acceptors (Lipinski definition) is 12. The summed E-state index contributed by atoms with van der Waals surface area (Å²) in [6, 6.07) is 0. The average Bonchev–Trinajstić information content (AvgIpc) is 2.59. The summed E-state index contributed by atoms with van der Waals surface area (Å²) in [5.74, 6) is -4.22. The summed E-state index contributed by atoms with van der Waals surface area (Å²) in [5.41, 5.74) is 0. The molecule has 0 saturated carbocycles. The molecule has 0 aromatic heterocycles. The minimum atomic E-state index is -1.80. The van der Waals surface area contributed by atoms with Crippen molar-refractivity contribution in [2.45, 2.75) is 72.2 Å². The number of rotatable bonds is 12. The molecule has 0 aliphatic rings. The van der Waals surface area contributed by atoms with Gasteiger partial charge in [-0.05, 0) is 6.92 Å². The van der Waals surface area contributed by atoms with Crippen LogP contribution in [-0.4, -0.2) is 78.9 Å². The van der Waals surface area contributed by atoms with Crippen LogP contribution in [0.5, 0.6) is 0 Å². The number of aliphatic hydroxyl groups is 1. The highest BCUT2D eigenvalue weighted by Crippen LogP contribution is 2.22. The molecule has 1 N–H and O–H groups in total. The molecule has 12 heteroatoms. The Morgan fingerprint density at radius 1 is 0.667 bits per heavy atom. The van der Waals surface area contributed by atoms with Gasteiger partial charge in [-0.2, -0.15) is 0 Å². The second-order valence-electron chi connectivity index (χ2n) is 6.02. The summed E-state index contributed by atoms with van der Waals surface area (Å²) in [4.78, 5) is 57.7. The van der Waals surface area contributed by atoms with Gasteiger partial charge < -0.3 is 33.5 Å². The maximum absolute atomic E-state index is 11.7. The summed E-state index contributed by atoms with van der Waals surface area (Å²) in [6.07, 6.45) is -8.25. The standard InChI is InChI=1S/C18H28O12/c1-7-25-18(24)17(30-13(6)23)16(29-12(5)22)15(28-11(4)21)14(27-10(3)20)8-26-9(2)19/h14-18,24H,7-8H2,1-6H3/t14-,15+,16+,17-,18-/m1/s1. The van der Waals surface area contributed by atoms with Crippen molar-refractivity contribution in [2.24, 2.45) is 0 Å². The van der Waals surface area contributed by atoms with Crippen LogP contribution in [0.3, 0.4) is 0 Å². The summed E-state index contributed by atoms with van der Waals surface area (Å²) in [6.45, 7) is 6.16. The molecule has 30 heavy (non-hydrogen) atoms. The van der Waals surface area contributed by atoms with E-state index in [0.717, 1.165) is 34.6 Å². The average molecular weight is 436 g/mol. The van der Waals surface area contributed by atoms with Crippen LogP contribution < -0.4 is 0 Å². The van der Waals surface area contributed by atoms with Gasteiger partial charge in [0.15, 0.2) is 30.7 Å². The Labute approximate surface area is 173 Å². The molecular weight excluding hydrogens is 408 g/mol. The summed E-state index contributed by atoms with van der Waals surface area (Å²) >= 11 is 0. The largest absolute Gasteiger partial charge is 0.462 e. The fourth-order valence-electron chi connectivity index (χ4n) is 2.41. The van der Waals surface area contributed by atoms with Crippen LogP contribution in [0.4, 0.5) is 0 Å². The first-order valence-corrected chi connectivity index (χ1v) is 9.00. The Morgan fingerprint density at radius 3 is 1.50 bits per heavy atom. The number of carbonyl (C=O) groups excluding carboxylic acids is 5. The Bertz CT molecular complexity index is 616. The van der Waals surface area contributed by atoms with Gasteiger partial charge in [0.2, 0.25) is 0 Å². The maximum atomic E-state index is 11.7. The van der Waals surface area contributed by atoms with Crippen LogP contribution in [0.2, 0.25) is 0 Å². The van der Waals surface area contributed by atoms with E-state index in [2.05, 4.69) is 0 Å². The zero-order chi connectivity index (χ0) is 23.4. The fourth-order valence-corrected chi connectivity index (χ4v) is 2.41. The molecule has 0 amide bonds. The highest BCUT2D eigenvalue weighted by Gasteiger charge is 2.46. The van der Waals surface area contributed by atoms with E-state index in [4.69, 9.17) is 28.4 Å². The van der Waals surface area contributed by atoms with Crippen molar-refractivity contribution in [3.8, 4) is 0 Å². The molecule has 0 unspecified atom stereocenters. The molecule has 0 heterocycles. The van der Waals surface area contributed by atoms with Gasteiger partial charge in [0.25, 0.3) is 0 Å². The van der Waals surface area contributed by atoms with Crippen LogP contribution in [-0.2, 0) is 52.4 Å². The van der Waals surface area contributed by atoms with Gasteiger partial charge in [-0.15, -0.1) is 0 Å². The van der Waals surface area contributed by atoms with Gasteiger partial charge in [0, 0.05) is 41.2 Å². The van der Waals surface area contributed by atoms with Gasteiger partial charge in [0.05, 0.1) is 0 Å². The summed E-state index contributed by atoms with van der Waals surface area (Å²) < 4.78 is 30.3. The molecule has 172 valence electrons. The van der Waals surface area contributed by atoms with Crippen LogP contribution in [0.1, 0.15) is 41.5 Å². The summed E-state index contributed by atoms with van der Waals surface area (Å²) in [7, 11) is 0. The Morgan fingerprint density at radius 2 is 1.10 bits per heavy atom. The van der Waals surface area contributed by atoms with E-state index >= 15 is 0 Å². The lowest BCUT2D eigenvalue weighted by atomic mass is 10.0. The Balaban J connectivity index is 6.30. The molecule has 0 fully saturated rings. The minimum absolute atomic E-state index is 0.00915. The molecule has 0 bridgehead atoms. The first-order valence-electron chi connectivity index (χ1n) is 9.00. The van der Waals surface area contributed by atoms with Gasteiger partial charge in [-0.3, -0.25) is 24.0 Å². The van der Waals surface area contributed by atoms with Crippen molar-refractivity contribution in [3.63, 3.8) is 0 Å². The molecule has 0 aromatic rings. The third-order valence-corrected chi connectivity index (χ3v) is 3.31. The molecule has 0 saturated heterocycles. The van der Waals surface area contributed by atoms with E-state index in [1.54, 1.807) is 6.92 Å². The van der Waals surface area contributed by atoms with E-state index < -0.39 is 67.2 Å². The van der Waals surface area contributed by atoms with E-state index in [-0.39, 0.29) is 6.61 Å². The van der Waals surface area contributed by atoms with Crippen LogP contribution in [0.25, 0.3) is 0 Å². The van der Waals surface area contributed by atoms with Gasteiger partial charge in [-0.1, -0.05) is 0 Å². The van der Waals surface area contributed by atoms with E-state index in [9.17, 15) is 29.1 Å². The lowest BCUT2D eigenvalue weighted by Crippen LogP contribution is -2.56. The summed E-state index contributed by atoms with van der Waals surface area (Å²) in [5, 5.41) is 10.3. The predicted octanol–water partition coefficient (Wildman–Crippen LogP) is -0.369. The van der Waals surface area contributed by atoms with Gasteiger partial charge in [-0.25, -0.2) is 0 Å². The molecule has 0 radical (unpaired) electrons. The number of esters is 5. The number of aliphatic hydroxyl groups excluding tert-OH is 1. The van der Waals surface area contributed by atoms with Gasteiger partial charge in [0.1, 0.15) is 6.61 Å². The van der Waals surface area contributed by atoms with Crippen molar-refractivity contribution < 1.29 is 57.5 Å². The number of hydrogen-bond donors (Lipinski definition) is 1. The monoisotopic (exact) mass is 436 g/mol. The smallest absolute Gasteiger partial charge is 0.303 e. The van der Waals surface area contributed by atoms with Crippen molar-refractivity contribution in [3.05, 3.63) is 0 Å². The number of ether oxygens (including phenoxy) is 6. The van der Waals surface area contributed by atoms with E-state index in [1.165, 1.54) is 0 Å². The zero-order valence-corrected chi connectivity index (χ0v) is 17.7. The molecule has 0 aromatic carbocycles. The fraction of sp³-hybridized carbons (Fsp3) is 0.722. The first-order chi connectivity index (χ1) is 13.9. The number of carbonyl (C=O) groups is 5. The second kappa shape index (κ2) is 13.5. The third kappa shape index (κ3) is 10.7. The molecule has 5 atom stereocenters. The SMILES string of the molecule is CCO[C@@H](O)[C@H](OC(C)=O)[C@@H](OC(C)=O)[C@@H](OC(C)=O)[C@@H](COC(C)=O)OC(C)=O. The molecular formula is C18H28O12. The van der Waals surface area contributed by atoms with Crippen LogP contribution in [0.15, 0.2) is 0 Å². The molecule has 0 aliphatic heterocycles.